The zero-order valence-electron chi connectivity index (χ0n) is 16.9. The summed E-state index contributed by atoms with van der Waals surface area (Å²) in [4.78, 5) is 36.1. The van der Waals surface area contributed by atoms with Crippen LogP contribution in [-0.2, 0) is 25.5 Å². The minimum atomic E-state index is -1.000. The molecule has 156 valence electrons. The number of hydrogen-bond acceptors (Lipinski definition) is 7. The molecule has 9 nitrogen and oxygen atoms in total. The highest BCUT2D eigenvalue weighted by Gasteiger charge is 2.31. The SMILES string of the molecule is Cc1nc2ncnn2c(C)c1CC(=O)O[C@H](C(=O)N1CCOCC1)c1ccccc1. The second kappa shape index (κ2) is 8.58. The van der Waals surface area contributed by atoms with Crippen LogP contribution in [0.4, 0.5) is 0 Å². The van der Waals surface area contributed by atoms with Crippen molar-refractivity contribution in [2.75, 3.05) is 26.3 Å². The van der Waals surface area contributed by atoms with Crippen molar-refractivity contribution in [1.82, 2.24) is 24.5 Å². The van der Waals surface area contributed by atoms with Gasteiger partial charge in [-0.25, -0.2) is 9.50 Å². The molecule has 1 aliphatic rings. The monoisotopic (exact) mass is 409 g/mol. The Hall–Kier alpha value is -3.33. The molecule has 30 heavy (non-hydrogen) atoms. The number of fused-ring (bicyclic) bond motifs is 1. The van der Waals surface area contributed by atoms with Gasteiger partial charge in [-0.1, -0.05) is 30.3 Å². The number of carbonyl (C=O) groups excluding carboxylic acids is 2. The lowest BCUT2D eigenvalue weighted by Crippen LogP contribution is -2.44. The summed E-state index contributed by atoms with van der Waals surface area (Å²) in [6.45, 7) is 5.58. The summed E-state index contributed by atoms with van der Waals surface area (Å²) in [5, 5.41) is 4.14. The number of amides is 1. The molecule has 0 unspecified atom stereocenters. The number of aryl methyl sites for hydroxylation is 2. The van der Waals surface area contributed by atoms with Gasteiger partial charge in [-0.3, -0.25) is 9.59 Å². The lowest BCUT2D eigenvalue weighted by Gasteiger charge is -2.30. The number of nitrogens with zero attached hydrogens (tertiary/aromatic N) is 5. The molecule has 1 aliphatic heterocycles. The normalized spacial score (nSPS) is 15.2. The first-order chi connectivity index (χ1) is 14.5. The summed E-state index contributed by atoms with van der Waals surface area (Å²) in [5.41, 5.74) is 2.80. The number of carbonyl (C=O) groups is 2. The average molecular weight is 409 g/mol. The Bertz CT molecular complexity index is 1060. The van der Waals surface area contributed by atoms with Crippen LogP contribution in [0.15, 0.2) is 36.7 Å². The lowest BCUT2D eigenvalue weighted by molar-refractivity contribution is -0.162. The minimum absolute atomic E-state index is 0.0137. The molecule has 0 bridgehead atoms. The number of esters is 1. The van der Waals surface area contributed by atoms with Gasteiger partial charge in [-0.05, 0) is 13.8 Å². The van der Waals surface area contributed by atoms with Gasteiger partial charge in [0, 0.05) is 35.6 Å². The number of rotatable bonds is 5. The molecular formula is C21H23N5O4. The van der Waals surface area contributed by atoms with Gasteiger partial charge in [-0.15, -0.1) is 0 Å². The first kappa shape index (κ1) is 20.0. The molecule has 0 radical (unpaired) electrons. The highest BCUT2D eigenvalue weighted by Crippen LogP contribution is 2.23. The number of hydrogen-bond donors (Lipinski definition) is 0. The predicted octanol–water partition coefficient (Wildman–Crippen LogP) is 1.43. The molecule has 1 aromatic carbocycles. The van der Waals surface area contributed by atoms with E-state index in [1.54, 1.807) is 21.5 Å². The second-order valence-electron chi connectivity index (χ2n) is 7.13. The standard InChI is InChI=1S/C21H23N5O4/c1-14-17(15(2)26-21(24-14)22-13-23-26)12-18(27)30-19(16-6-4-3-5-7-16)20(28)25-8-10-29-11-9-25/h3-7,13,19H,8-12H2,1-2H3/t19-/m0/s1. The average Bonchev–Trinajstić information content (AvgIpc) is 3.24. The third-order valence-electron chi connectivity index (χ3n) is 5.21. The Kier molecular flexibility index (Phi) is 5.71. The van der Waals surface area contributed by atoms with Crippen molar-refractivity contribution in [2.45, 2.75) is 26.4 Å². The zero-order valence-corrected chi connectivity index (χ0v) is 16.9. The Morgan fingerprint density at radius 2 is 1.90 bits per heavy atom. The number of morpholine rings is 1. The van der Waals surface area contributed by atoms with Crippen molar-refractivity contribution in [3.63, 3.8) is 0 Å². The van der Waals surface area contributed by atoms with Gasteiger partial charge < -0.3 is 14.4 Å². The van der Waals surface area contributed by atoms with E-state index in [2.05, 4.69) is 15.1 Å². The molecule has 0 spiro atoms. The first-order valence-electron chi connectivity index (χ1n) is 9.81. The maximum absolute atomic E-state index is 13.1. The van der Waals surface area contributed by atoms with Crippen molar-refractivity contribution in [1.29, 1.82) is 0 Å². The predicted molar refractivity (Wildman–Crippen MR) is 107 cm³/mol. The third-order valence-corrected chi connectivity index (χ3v) is 5.21. The van der Waals surface area contributed by atoms with E-state index in [-0.39, 0.29) is 12.3 Å². The summed E-state index contributed by atoms with van der Waals surface area (Å²) in [7, 11) is 0. The van der Waals surface area contributed by atoms with E-state index >= 15 is 0 Å². The molecule has 9 heteroatoms. The van der Waals surface area contributed by atoms with E-state index in [1.807, 2.05) is 32.0 Å². The van der Waals surface area contributed by atoms with Crippen molar-refractivity contribution < 1.29 is 19.1 Å². The molecule has 4 rings (SSSR count). The zero-order chi connectivity index (χ0) is 21.1. The molecule has 2 aromatic heterocycles. The highest BCUT2D eigenvalue weighted by molar-refractivity contribution is 5.85. The van der Waals surface area contributed by atoms with E-state index in [4.69, 9.17) is 9.47 Å². The molecule has 1 atom stereocenters. The Morgan fingerprint density at radius 1 is 1.17 bits per heavy atom. The summed E-state index contributed by atoms with van der Waals surface area (Å²) < 4.78 is 12.6. The van der Waals surface area contributed by atoms with Gasteiger partial charge in [0.2, 0.25) is 6.10 Å². The Balaban J connectivity index is 1.57. The van der Waals surface area contributed by atoms with E-state index in [0.717, 1.165) is 5.69 Å². The first-order valence-corrected chi connectivity index (χ1v) is 9.81. The molecular weight excluding hydrogens is 386 g/mol. The number of aromatic nitrogens is 4. The van der Waals surface area contributed by atoms with Crippen LogP contribution in [0.25, 0.3) is 5.78 Å². The highest BCUT2D eigenvalue weighted by atomic mass is 16.5. The Labute approximate surface area is 173 Å². The molecule has 3 aromatic rings. The fourth-order valence-corrected chi connectivity index (χ4v) is 3.57. The lowest BCUT2D eigenvalue weighted by atomic mass is 10.1. The van der Waals surface area contributed by atoms with Gasteiger partial charge in [0.1, 0.15) is 6.33 Å². The summed E-state index contributed by atoms with van der Waals surface area (Å²) in [6, 6.07) is 9.07. The molecule has 0 N–H and O–H groups in total. The van der Waals surface area contributed by atoms with Crippen LogP contribution in [0.2, 0.25) is 0 Å². The molecule has 0 saturated carbocycles. The number of ether oxygens (including phenoxy) is 2. The van der Waals surface area contributed by atoms with Crippen LogP contribution in [0.1, 0.15) is 28.6 Å². The van der Waals surface area contributed by atoms with Crippen LogP contribution >= 0.6 is 0 Å². The number of benzene rings is 1. The molecule has 1 amide bonds. The maximum atomic E-state index is 13.1. The minimum Gasteiger partial charge on any atom is -0.447 e. The van der Waals surface area contributed by atoms with Gasteiger partial charge >= 0.3 is 5.97 Å². The largest absolute Gasteiger partial charge is 0.447 e. The summed E-state index contributed by atoms with van der Waals surface area (Å²) in [5.74, 6) is -0.263. The van der Waals surface area contributed by atoms with Crippen LogP contribution < -0.4 is 0 Å². The van der Waals surface area contributed by atoms with E-state index < -0.39 is 12.1 Å². The maximum Gasteiger partial charge on any atom is 0.311 e. The second-order valence-corrected chi connectivity index (χ2v) is 7.13. The fraction of sp³-hybridized carbons (Fsp3) is 0.381. The smallest absolute Gasteiger partial charge is 0.311 e. The van der Waals surface area contributed by atoms with Crippen LogP contribution in [0.3, 0.4) is 0 Å². The van der Waals surface area contributed by atoms with Crippen LogP contribution in [0, 0.1) is 13.8 Å². The Morgan fingerprint density at radius 3 is 2.63 bits per heavy atom. The van der Waals surface area contributed by atoms with Gasteiger partial charge in [0.25, 0.3) is 11.7 Å². The van der Waals surface area contributed by atoms with Crippen LogP contribution in [-0.4, -0.2) is 62.7 Å². The van der Waals surface area contributed by atoms with E-state index in [0.29, 0.717) is 48.9 Å². The molecule has 0 aliphatic carbocycles. The molecule has 1 fully saturated rings. The summed E-state index contributed by atoms with van der Waals surface area (Å²) in [6.07, 6.45) is 0.407. The van der Waals surface area contributed by atoms with Gasteiger partial charge in [-0.2, -0.15) is 10.1 Å². The van der Waals surface area contributed by atoms with Crippen molar-refractivity contribution in [3.8, 4) is 0 Å². The third kappa shape index (κ3) is 4.02. The van der Waals surface area contributed by atoms with E-state index in [9.17, 15) is 9.59 Å². The van der Waals surface area contributed by atoms with Crippen molar-refractivity contribution >= 4 is 17.7 Å². The summed E-state index contributed by atoms with van der Waals surface area (Å²) >= 11 is 0. The molecule has 3 heterocycles. The quantitative estimate of drug-likeness (QED) is 0.588. The van der Waals surface area contributed by atoms with Crippen molar-refractivity contribution in [3.05, 3.63) is 59.2 Å². The van der Waals surface area contributed by atoms with Crippen LogP contribution in [0.5, 0.6) is 0 Å². The van der Waals surface area contributed by atoms with E-state index in [1.165, 1.54) is 6.33 Å². The fourth-order valence-electron chi connectivity index (χ4n) is 3.57. The molecule has 1 saturated heterocycles. The topological polar surface area (TPSA) is 98.9 Å². The van der Waals surface area contributed by atoms with Gasteiger partial charge in [0.15, 0.2) is 0 Å². The van der Waals surface area contributed by atoms with Crippen molar-refractivity contribution in [2.24, 2.45) is 0 Å². The van der Waals surface area contributed by atoms with Gasteiger partial charge in [0.05, 0.1) is 19.6 Å².